The van der Waals surface area contributed by atoms with Gasteiger partial charge in [0.25, 0.3) is 0 Å². The molecule has 0 radical (unpaired) electrons. The lowest BCUT2D eigenvalue weighted by Gasteiger charge is -2.01. The van der Waals surface area contributed by atoms with E-state index in [1.807, 2.05) is 28.1 Å². The number of rotatable bonds is 4. The van der Waals surface area contributed by atoms with E-state index in [1.165, 1.54) is 17.6 Å². The third kappa shape index (κ3) is 3.73. The monoisotopic (exact) mass is 415 g/mol. The Morgan fingerprint density at radius 2 is 1.74 bits per heavy atom. The van der Waals surface area contributed by atoms with Crippen molar-refractivity contribution in [2.75, 3.05) is 0 Å². The van der Waals surface area contributed by atoms with Gasteiger partial charge in [-0.3, -0.25) is 4.40 Å². The first-order valence-electron chi connectivity index (χ1n) is 7.83. The van der Waals surface area contributed by atoms with Crippen LogP contribution in [0.1, 0.15) is 16.1 Å². The summed E-state index contributed by atoms with van der Waals surface area (Å²) < 4.78 is 1.88. The number of hydrogen-bond acceptors (Lipinski definition) is 5. The van der Waals surface area contributed by atoms with Crippen LogP contribution in [0.25, 0.3) is 16.2 Å². The van der Waals surface area contributed by atoms with Crippen LogP contribution < -0.4 is 0 Å². The minimum Gasteiger partial charge on any atom is -0.313 e. The molecular formula is C19H11Cl2N3O2S. The van der Waals surface area contributed by atoms with E-state index in [1.54, 1.807) is 36.4 Å². The average Bonchev–Trinajstić information content (AvgIpc) is 3.25. The van der Waals surface area contributed by atoms with Crippen LogP contribution in [0.2, 0.25) is 10.0 Å². The van der Waals surface area contributed by atoms with Crippen molar-refractivity contribution >= 4 is 51.7 Å². The van der Waals surface area contributed by atoms with E-state index >= 15 is 0 Å². The molecule has 27 heavy (non-hydrogen) atoms. The summed E-state index contributed by atoms with van der Waals surface area (Å²) in [6.45, 7) is 0. The summed E-state index contributed by atoms with van der Waals surface area (Å²) in [5.41, 5.74) is 2.69. The summed E-state index contributed by atoms with van der Waals surface area (Å²) in [6.07, 6.45) is 3.36. The van der Waals surface area contributed by atoms with Gasteiger partial charge < -0.3 is 4.84 Å². The molecule has 2 heterocycles. The van der Waals surface area contributed by atoms with Gasteiger partial charge in [0.2, 0.25) is 0 Å². The predicted octanol–water partition coefficient (Wildman–Crippen LogP) is 5.56. The molecule has 0 atom stereocenters. The van der Waals surface area contributed by atoms with Crippen molar-refractivity contribution in [2.24, 2.45) is 5.16 Å². The Morgan fingerprint density at radius 1 is 1.07 bits per heavy atom. The molecule has 0 spiro atoms. The zero-order valence-corrected chi connectivity index (χ0v) is 16.0. The molecule has 8 heteroatoms. The normalized spacial score (nSPS) is 11.3. The lowest BCUT2D eigenvalue weighted by molar-refractivity contribution is 0.0519. The van der Waals surface area contributed by atoms with E-state index in [0.717, 1.165) is 16.2 Å². The van der Waals surface area contributed by atoms with Crippen LogP contribution in [0.4, 0.5) is 0 Å². The van der Waals surface area contributed by atoms with Crippen molar-refractivity contribution in [3.63, 3.8) is 0 Å². The first kappa shape index (κ1) is 17.7. The number of fused-ring (bicyclic) bond motifs is 1. The largest absolute Gasteiger partial charge is 0.365 e. The quantitative estimate of drug-likeness (QED) is 0.249. The van der Waals surface area contributed by atoms with E-state index in [9.17, 15) is 4.79 Å². The van der Waals surface area contributed by atoms with Crippen molar-refractivity contribution in [1.82, 2.24) is 9.38 Å². The van der Waals surface area contributed by atoms with Gasteiger partial charge in [-0.2, -0.15) is 0 Å². The second kappa shape index (κ2) is 7.52. The second-order valence-electron chi connectivity index (χ2n) is 5.53. The van der Waals surface area contributed by atoms with E-state index in [0.29, 0.717) is 21.3 Å². The topological polar surface area (TPSA) is 56.0 Å². The highest BCUT2D eigenvalue weighted by Crippen LogP contribution is 2.26. The number of thiazole rings is 1. The zero-order chi connectivity index (χ0) is 18.8. The molecule has 0 saturated carbocycles. The Bertz CT molecular complexity index is 1130. The fraction of sp³-hybridized carbons (Fsp3) is 0. The zero-order valence-electron chi connectivity index (χ0n) is 13.7. The smallest absolute Gasteiger partial charge is 0.313 e. The summed E-state index contributed by atoms with van der Waals surface area (Å²) in [5, 5.41) is 6.97. The lowest BCUT2D eigenvalue weighted by Crippen LogP contribution is -2.01. The van der Waals surface area contributed by atoms with Crippen molar-refractivity contribution in [1.29, 1.82) is 0 Å². The van der Waals surface area contributed by atoms with Gasteiger partial charge in [0.1, 0.15) is 0 Å². The number of carbonyl (C=O) groups is 1. The fourth-order valence-corrected chi connectivity index (χ4v) is 3.48. The van der Waals surface area contributed by atoms with Gasteiger partial charge in [0.15, 0.2) is 4.96 Å². The molecule has 4 rings (SSSR count). The Hall–Kier alpha value is -2.67. The van der Waals surface area contributed by atoms with E-state index in [-0.39, 0.29) is 0 Å². The van der Waals surface area contributed by atoms with Crippen molar-refractivity contribution < 1.29 is 9.63 Å². The minimum absolute atomic E-state index is 0.364. The molecule has 0 unspecified atom stereocenters. The number of halogens is 2. The maximum Gasteiger partial charge on any atom is 0.365 e. The molecule has 5 nitrogen and oxygen atoms in total. The van der Waals surface area contributed by atoms with Crippen LogP contribution in [-0.2, 0) is 4.84 Å². The van der Waals surface area contributed by atoms with Gasteiger partial charge in [-0.1, -0.05) is 40.5 Å². The SMILES string of the molecule is O=C(O/N=C/c1c(-c2ccc(Cl)cc2)nc2sccn12)c1ccc(Cl)cc1. The molecule has 4 aromatic rings. The highest BCUT2D eigenvalue weighted by atomic mass is 35.5. The van der Waals surface area contributed by atoms with E-state index in [4.69, 9.17) is 28.0 Å². The summed E-state index contributed by atoms with van der Waals surface area (Å²) >= 11 is 13.3. The molecule has 2 aromatic carbocycles. The minimum atomic E-state index is -0.568. The van der Waals surface area contributed by atoms with E-state index in [2.05, 4.69) is 10.1 Å². The molecule has 0 amide bonds. The van der Waals surface area contributed by atoms with Gasteiger partial charge >= 0.3 is 5.97 Å². The molecule has 0 aliphatic carbocycles. The first-order valence-corrected chi connectivity index (χ1v) is 9.47. The number of nitrogens with zero attached hydrogens (tertiary/aromatic N) is 3. The number of hydrogen-bond donors (Lipinski definition) is 0. The highest BCUT2D eigenvalue weighted by Gasteiger charge is 2.14. The molecule has 134 valence electrons. The first-order chi connectivity index (χ1) is 13.1. The van der Waals surface area contributed by atoms with Crippen molar-refractivity contribution in [3.05, 3.63) is 81.4 Å². The maximum atomic E-state index is 12.1. The number of benzene rings is 2. The van der Waals surface area contributed by atoms with Crippen molar-refractivity contribution in [2.45, 2.75) is 0 Å². The number of carbonyl (C=O) groups excluding carboxylic acids is 1. The van der Waals surface area contributed by atoms with E-state index < -0.39 is 5.97 Å². The number of oxime groups is 1. The maximum absolute atomic E-state index is 12.1. The Kier molecular flexibility index (Phi) is 4.94. The summed E-state index contributed by atoms with van der Waals surface area (Å²) in [6, 6.07) is 13.7. The third-order valence-corrected chi connectivity index (χ3v) is 5.07. The van der Waals surface area contributed by atoms with Crippen molar-refractivity contribution in [3.8, 4) is 11.3 Å². The van der Waals surface area contributed by atoms with Crippen LogP contribution in [0, 0.1) is 0 Å². The highest BCUT2D eigenvalue weighted by molar-refractivity contribution is 7.15. The van der Waals surface area contributed by atoms with Gasteiger partial charge in [-0.25, -0.2) is 9.78 Å². The van der Waals surface area contributed by atoms with Crippen LogP contribution in [0.5, 0.6) is 0 Å². The summed E-state index contributed by atoms with van der Waals surface area (Å²) in [7, 11) is 0. The lowest BCUT2D eigenvalue weighted by atomic mass is 10.1. The summed E-state index contributed by atoms with van der Waals surface area (Å²) in [5.74, 6) is -0.568. The molecule has 2 aromatic heterocycles. The van der Waals surface area contributed by atoms with Crippen LogP contribution >= 0.6 is 34.5 Å². The number of aromatic nitrogens is 2. The van der Waals surface area contributed by atoms with Gasteiger partial charge in [0, 0.05) is 27.2 Å². The molecule has 0 bridgehead atoms. The number of imidazole rings is 1. The Morgan fingerprint density at radius 3 is 2.44 bits per heavy atom. The average molecular weight is 416 g/mol. The molecule has 0 N–H and O–H groups in total. The second-order valence-corrected chi connectivity index (χ2v) is 7.27. The van der Waals surface area contributed by atoms with Gasteiger partial charge in [0.05, 0.1) is 23.2 Å². The summed E-state index contributed by atoms with van der Waals surface area (Å²) in [4.78, 5) is 22.5. The standard InChI is InChI=1S/C19H11Cl2N3O2S/c20-14-5-1-12(2-6-14)17-16(24-9-10-27-19(24)23-17)11-22-26-18(25)13-3-7-15(21)8-4-13/h1-11H/b22-11+. The molecule has 0 aliphatic heterocycles. The Balaban J connectivity index is 1.62. The van der Waals surface area contributed by atoms with Gasteiger partial charge in [-0.15, -0.1) is 11.3 Å². The molecule has 0 aliphatic rings. The Labute approximate surface area is 168 Å². The molecule has 0 fully saturated rings. The predicted molar refractivity (Wildman–Crippen MR) is 108 cm³/mol. The van der Waals surface area contributed by atoms with Crippen LogP contribution in [0.15, 0.2) is 65.3 Å². The fourth-order valence-electron chi connectivity index (χ4n) is 2.51. The molecular weight excluding hydrogens is 405 g/mol. The van der Waals surface area contributed by atoms with Crippen LogP contribution in [0.3, 0.4) is 0 Å². The third-order valence-electron chi connectivity index (χ3n) is 3.81. The molecule has 0 saturated heterocycles. The van der Waals surface area contributed by atoms with Crippen LogP contribution in [-0.4, -0.2) is 21.6 Å². The van der Waals surface area contributed by atoms with Gasteiger partial charge in [-0.05, 0) is 36.4 Å².